The molecule has 1 fully saturated rings. The van der Waals surface area contributed by atoms with Crippen molar-refractivity contribution in [3.63, 3.8) is 0 Å². The van der Waals surface area contributed by atoms with E-state index in [1.54, 1.807) is 6.07 Å². The third-order valence-corrected chi connectivity index (χ3v) is 7.49. The van der Waals surface area contributed by atoms with Crippen molar-refractivity contribution in [3.8, 4) is 11.5 Å². The van der Waals surface area contributed by atoms with Crippen LogP contribution in [-0.2, 0) is 10.0 Å². The van der Waals surface area contributed by atoms with Gasteiger partial charge in [0.15, 0.2) is 23.1 Å². The zero-order valence-corrected chi connectivity index (χ0v) is 21.2. The van der Waals surface area contributed by atoms with Gasteiger partial charge in [0, 0.05) is 23.2 Å². The summed E-state index contributed by atoms with van der Waals surface area (Å²) in [6, 6.07) is 12.1. The molecule has 0 unspecified atom stereocenters. The van der Waals surface area contributed by atoms with E-state index in [9.17, 15) is 8.42 Å². The van der Waals surface area contributed by atoms with Crippen molar-refractivity contribution < 1.29 is 17.9 Å². The summed E-state index contributed by atoms with van der Waals surface area (Å²) in [5.74, 6) is 1.50. The number of nitrogens with zero attached hydrogens (tertiary/aromatic N) is 2. The molecular formula is C25H31N5O4S. The molecule has 0 spiro atoms. The second-order valence-corrected chi connectivity index (χ2v) is 12.1. The lowest BCUT2D eigenvalue weighted by Crippen LogP contribution is -2.60. The predicted molar refractivity (Wildman–Crippen MR) is 136 cm³/mol. The Hall–Kier alpha value is -3.11. The van der Waals surface area contributed by atoms with Gasteiger partial charge in [-0.1, -0.05) is 12.1 Å². The van der Waals surface area contributed by atoms with Crippen LogP contribution < -0.4 is 24.8 Å². The first-order valence-electron chi connectivity index (χ1n) is 11.7. The molecule has 0 aliphatic carbocycles. The van der Waals surface area contributed by atoms with Crippen LogP contribution in [0.1, 0.15) is 40.5 Å². The topological polar surface area (TPSA) is 114 Å². The maximum atomic E-state index is 13.4. The summed E-state index contributed by atoms with van der Waals surface area (Å²) in [4.78, 5) is 9.43. The highest BCUT2D eigenvalue weighted by Gasteiger charge is 2.38. The van der Waals surface area contributed by atoms with Gasteiger partial charge in [-0.25, -0.2) is 18.4 Å². The number of benzene rings is 2. The van der Waals surface area contributed by atoms with E-state index in [1.165, 1.54) is 12.1 Å². The van der Waals surface area contributed by atoms with Crippen LogP contribution in [0, 0.1) is 0 Å². The Morgan fingerprint density at radius 3 is 2.14 bits per heavy atom. The number of anilines is 2. The first-order chi connectivity index (χ1) is 16.5. The largest absolute Gasteiger partial charge is 0.486 e. The van der Waals surface area contributed by atoms with Gasteiger partial charge in [-0.2, -0.15) is 0 Å². The van der Waals surface area contributed by atoms with E-state index >= 15 is 0 Å². The lowest BCUT2D eigenvalue weighted by molar-refractivity contribution is 0.170. The van der Waals surface area contributed by atoms with Gasteiger partial charge < -0.3 is 20.1 Å². The van der Waals surface area contributed by atoms with Gasteiger partial charge in [0.05, 0.1) is 15.9 Å². The monoisotopic (exact) mass is 497 g/mol. The third kappa shape index (κ3) is 5.13. The van der Waals surface area contributed by atoms with Crippen LogP contribution in [0.25, 0.3) is 11.0 Å². The van der Waals surface area contributed by atoms with Crippen molar-refractivity contribution >= 4 is 32.7 Å². The van der Waals surface area contributed by atoms with Gasteiger partial charge in [-0.3, -0.25) is 4.72 Å². The minimum atomic E-state index is -3.96. The van der Waals surface area contributed by atoms with Crippen LogP contribution >= 0.6 is 0 Å². The molecule has 5 rings (SSSR count). The average Bonchev–Trinajstić information content (AvgIpc) is 2.77. The molecule has 0 atom stereocenters. The second kappa shape index (κ2) is 8.53. The van der Waals surface area contributed by atoms with Crippen LogP contribution in [0.5, 0.6) is 11.5 Å². The number of sulfonamides is 1. The summed E-state index contributed by atoms with van der Waals surface area (Å²) >= 11 is 0. The molecule has 3 aromatic rings. The Morgan fingerprint density at radius 2 is 1.49 bits per heavy atom. The fraction of sp³-hybridized carbons (Fsp3) is 0.440. The number of hydrogen-bond donors (Lipinski definition) is 3. The van der Waals surface area contributed by atoms with E-state index in [-0.39, 0.29) is 27.8 Å². The van der Waals surface area contributed by atoms with Crippen molar-refractivity contribution in [3.05, 3.63) is 42.5 Å². The lowest BCUT2D eigenvalue weighted by Gasteiger charge is -2.46. The number of fused-ring (bicyclic) bond motifs is 2. The zero-order chi connectivity index (χ0) is 24.8. The van der Waals surface area contributed by atoms with Crippen LogP contribution in [-0.4, -0.2) is 48.7 Å². The van der Waals surface area contributed by atoms with E-state index < -0.39 is 10.0 Å². The molecule has 0 radical (unpaired) electrons. The van der Waals surface area contributed by atoms with Gasteiger partial charge in [0.1, 0.15) is 13.2 Å². The number of rotatable bonds is 5. The summed E-state index contributed by atoms with van der Waals surface area (Å²) < 4.78 is 40.5. The van der Waals surface area contributed by atoms with Gasteiger partial charge in [-0.15, -0.1) is 0 Å². The van der Waals surface area contributed by atoms with Crippen LogP contribution in [0.2, 0.25) is 0 Å². The number of aromatic nitrogens is 2. The highest BCUT2D eigenvalue weighted by molar-refractivity contribution is 7.92. The van der Waals surface area contributed by atoms with Gasteiger partial charge in [0.2, 0.25) is 0 Å². The molecule has 9 nitrogen and oxygen atoms in total. The van der Waals surface area contributed by atoms with Crippen molar-refractivity contribution in [1.29, 1.82) is 0 Å². The first-order valence-corrected chi connectivity index (χ1v) is 13.2. The highest BCUT2D eigenvalue weighted by atomic mass is 32.2. The molecular weight excluding hydrogens is 466 g/mol. The molecule has 0 bridgehead atoms. The van der Waals surface area contributed by atoms with Crippen molar-refractivity contribution in [2.24, 2.45) is 0 Å². The molecule has 3 heterocycles. The lowest BCUT2D eigenvalue weighted by atomic mass is 9.79. The summed E-state index contributed by atoms with van der Waals surface area (Å²) in [7, 11) is -3.96. The maximum Gasteiger partial charge on any atom is 0.263 e. The van der Waals surface area contributed by atoms with E-state index in [4.69, 9.17) is 14.5 Å². The minimum Gasteiger partial charge on any atom is -0.486 e. The standard InChI is InChI=1S/C25H31N5O4S/c1-24(2)14-16(15-25(3,4)30-24)26-22-23(28-19-8-6-5-7-18(19)27-22)29-35(31,32)17-9-10-20-21(13-17)34-12-11-33-20/h5-10,13,16,30H,11-12,14-15H2,1-4H3,(H,26,27)(H,28,29). The van der Waals surface area contributed by atoms with Crippen LogP contribution in [0.3, 0.4) is 0 Å². The SMILES string of the molecule is CC1(C)CC(Nc2nc3ccccc3nc2NS(=O)(=O)c2ccc3c(c2)OCCO3)CC(C)(C)N1. The van der Waals surface area contributed by atoms with Crippen molar-refractivity contribution in [2.45, 2.75) is 62.6 Å². The average molecular weight is 498 g/mol. The highest BCUT2D eigenvalue weighted by Crippen LogP contribution is 2.35. The van der Waals surface area contributed by atoms with E-state index in [0.29, 0.717) is 41.6 Å². The Labute approximate surface area is 205 Å². The van der Waals surface area contributed by atoms with Crippen LogP contribution in [0.4, 0.5) is 11.6 Å². The maximum absolute atomic E-state index is 13.4. The van der Waals surface area contributed by atoms with E-state index in [0.717, 1.165) is 12.8 Å². The predicted octanol–water partition coefficient (Wildman–Crippen LogP) is 3.92. The zero-order valence-electron chi connectivity index (χ0n) is 20.4. The molecule has 0 amide bonds. The molecule has 10 heteroatoms. The minimum absolute atomic E-state index is 0.0618. The molecule has 186 valence electrons. The molecule has 0 saturated carbocycles. The Balaban J connectivity index is 1.50. The molecule has 1 saturated heterocycles. The molecule has 35 heavy (non-hydrogen) atoms. The van der Waals surface area contributed by atoms with Gasteiger partial charge in [-0.05, 0) is 64.8 Å². The summed E-state index contributed by atoms with van der Waals surface area (Å²) in [5, 5.41) is 7.16. The van der Waals surface area contributed by atoms with E-state index in [2.05, 4.69) is 48.0 Å². The van der Waals surface area contributed by atoms with Gasteiger partial charge >= 0.3 is 0 Å². The fourth-order valence-electron chi connectivity index (χ4n) is 5.17. The second-order valence-electron chi connectivity index (χ2n) is 10.5. The van der Waals surface area contributed by atoms with Crippen molar-refractivity contribution in [1.82, 2.24) is 15.3 Å². The Morgan fingerprint density at radius 1 is 0.886 bits per heavy atom. The fourth-order valence-corrected chi connectivity index (χ4v) is 6.19. The quantitative estimate of drug-likeness (QED) is 0.486. The summed E-state index contributed by atoms with van der Waals surface area (Å²) in [6.45, 7) is 9.47. The molecule has 2 aliphatic heterocycles. The smallest absolute Gasteiger partial charge is 0.263 e. The summed E-state index contributed by atoms with van der Waals surface area (Å²) in [5.41, 5.74) is 1.11. The number of piperidine rings is 1. The first kappa shape index (κ1) is 23.6. The Kier molecular flexibility index (Phi) is 5.76. The van der Waals surface area contributed by atoms with E-state index in [1.807, 2.05) is 24.3 Å². The normalized spacial score (nSPS) is 19.3. The molecule has 1 aromatic heterocycles. The third-order valence-electron chi connectivity index (χ3n) is 6.16. The number of nitrogens with one attached hydrogen (secondary N) is 3. The summed E-state index contributed by atoms with van der Waals surface area (Å²) in [6.07, 6.45) is 1.69. The van der Waals surface area contributed by atoms with Crippen LogP contribution in [0.15, 0.2) is 47.4 Å². The van der Waals surface area contributed by atoms with Gasteiger partial charge in [0.25, 0.3) is 10.0 Å². The molecule has 2 aromatic carbocycles. The number of para-hydroxylation sites is 2. The number of hydrogen-bond acceptors (Lipinski definition) is 8. The molecule has 2 aliphatic rings. The van der Waals surface area contributed by atoms with Crippen molar-refractivity contribution in [2.75, 3.05) is 23.3 Å². The Bertz CT molecular complexity index is 1360. The number of ether oxygens (including phenoxy) is 2. The molecule has 3 N–H and O–H groups in total.